The Morgan fingerprint density at radius 3 is 2.59 bits per heavy atom. The Bertz CT molecular complexity index is 890. The van der Waals surface area contributed by atoms with Crippen molar-refractivity contribution in [3.63, 3.8) is 0 Å². The third-order valence-corrected chi connectivity index (χ3v) is 6.69. The minimum absolute atomic E-state index is 0.00469. The second-order valence-corrected chi connectivity index (χ2v) is 9.02. The number of likely N-dealkylation sites (tertiary alicyclic amines) is 1. The molecule has 0 bridgehead atoms. The molecule has 170 valence electrons. The van der Waals surface area contributed by atoms with Crippen LogP contribution in [-0.2, 0) is 16.0 Å². The van der Waals surface area contributed by atoms with Gasteiger partial charge in [-0.1, -0.05) is 42.5 Å². The Hall–Kier alpha value is -2.50. The number of hydrogen-bond donors (Lipinski definition) is 1. The Morgan fingerprint density at radius 2 is 1.84 bits per heavy atom. The van der Waals surface area contributed by atoms with E-state index >= 15 is 0 Å². The largest absolute Gasteiger partial charge is 0.370 e. The molecule has 2 aromatic rings. The first-order valence-corrected chi connectivity index (χ1v) is 11.8. The van der Waals surface area contributed by atoms with Crippen LogP contribution in [0.15, 0.2) is 60.7 Å². The highest BCUT2D eigenvalue weighted by Crippen LogP contribution is 2.38. The van der Waals surface area contributed by atoms with E-state index in [0.717, 1.165) is 57.3 Å². The topological polar surface area (TPSA) is 41.6 Å². The van der Waals surface area contributed by atoms with E-state index in [1.807, 2.05) is 0 Å². The fraction of sp³-hybridized carbons (Fsp3) is 0.444. The van der Waals surface area contributed by atoms with E-state index in [1.54, 1.807) is 18.2 Å². The molecule has 2 heterocycles. The van der Waals surface area contributed by atoms with Crippen LogP contribution < -0.4 is 5.32 Å². The second kappa shape index (κ2) is 10.9. The maximum Gasteiger partial charge on any atom is 0.244 e. The molecular formula is C27H33FN2O2. The summed E-state index contributed by atoms with van der Waals surface area (Å²) in [6, 6.07) is 16.8. The van der Waals surface area contributed by atoms with E-state index in [1.165, 1.54) is 30.2 Å². The van der Waals surface area contributed by atoms with Gasteiger partial charge in [-0.05, 0) is 74.4 Å². The van der Waals surface area contributed by atoms with Crippen molar-refractivity contribution in [3.8, 4) is 0 Å². The monoisotopic (exact) mass is 436 g/mol. The van der Waals surface area contributed by atoms with Crippen LogP contribution in [0.2, 0.25) is 0 Å². The van der Waals surface area contributed by atoms with Gasteiger partial charge in [-0.25, -0.2) is 4.39 Å². The number of benzene rings is 2. The second-order valence-electron chi connectivity index (χ2n) is 9.02. The number of amides is 1. The maximum absolute atomic E-state index is 13.0. The molecule has 2 aromatic carbocycles. The first-order chi connectivity index (χ1) is 15.6. The Morgan fingerprint density at radius 1 is 1.09 bits per heavy atom. The number of aryl methyl sites for hydroxylation is 1. The molecule has 0 aliphatic carbocycles. The predicted molar refractivity (Wildman–Crippen MR) is 126 cm³/mol. The highest BCUT2D eigenvalue weighted by molar-refractivity contribution is 5.91. The lowest BCUT2D eigenvalue weighted by Crippen LogP contribution is -2.45. The molecule has 1 amide bonds. The van der Waals surface area contributed by atoms with E-state index in [0.29, 0.717) is 6.54 Å². The molecule has 2 aliphatic rings. The molecule has 2 aliphatic heterocycles. The lowest BCUT2D eigenvalue weighted by atomic mass is 9.88. The molecule has 5 heteroatoms. The first kappa shape index (κ1) is 22.7. The maximum atomic E-state index is 13.0. The highest BCUT2D eigenvalue weighted by Gasteiger charge is 2.42. The Balaban J connectivity index is 1.14. The van der Waals surface area contributed by atoms with Crippen LogP contribution >= 0.6 is 0 Å². The predicted octanol–water partition coefficient (Wildman–Crippen LogP) is 4.60. The highest BCUT2D eigenvalue weighted by atomic mass is 19.1. The molecule has 4 rings (SSSR count). The van der Waals surface area contributed by atoms with Gasteiger partial charge in [0.2, 0.25) is 5.91 Å². The van der Waals surface area contributed by atoms with Gasteiger partial charge in [0, 0.05) is 25.7 Å². The zero-order valence-corrected chi connectivity index (χ0v) is 18.6. The molecule has 4 nitrogen and oxygen atoms in total. The van der Waals surface area contributed by atoms with E-state index in [2.05, 4.69) is 40.5 Å². The van der Waals surface area contributed by atoms with Crippen molar-refractivity contribution in [2.45, 2.75) is 50.2 Å². The fourth-order valence-corrected chi connectivity index (χ4v) is 4.76. The van der Waals surface area contributed by atoms with E-state index in [4.69, 9.17) is 4.74 Å². The zero-order valence-electron chi connectivity index (χ0n) is 18.6. The minimum Gasteiger partial charge on any atom is -0.370 e. The van der Waals surface area contributed by atoms with Gasteiger partial charge >= 0.3 is 0 Å². The van der Waals surface area contributed by atoms with Crippen molar-refractivity contribution in [1.82, 2.24) is 10.2 Å². The number of rotatable bonds is 8. The van der Waals surface area contributed by atoms with Crippen LogP contribution in [0.4, 0.5) is 4.39 Å². The SMILES string of the molecule is O=C(C=Cc1ccc(F)cc1)NCC1CCC2(CCN(CCCc3ccccc3)CC2)O1. The number of hydrogen-bond acceptors (Lipinski definition) is 3. The van der Waals surface area contributed by atoms with Gasteiger partial charge in [0.25, 0.3) is 0 Å². The first-order valence-electron chi connectivity index (χ1n) is 11.8. The molecule has 2 saturated heterocycles. The summed E-state index contributed by atoms with van der Waals surface area (Å²) in [6.07, 6.45) is 9.83. The summed E-state index contributed by atoms with van der Waals surface area (Å²) in [4.78, 5) is 14.7. The van der Waals surface area contributed by atoms with Crippen molar-refractivity contribution in [2.75, 3.05) is 26.2 Å². The number of carbonyl (C=O) groups excluding carboxylic acids is 1. The Kier molecular flexibility index (Phi) is 7.72. The molecular weight excluding hydrogens is 403 g/mol. The number of piperidine rings is 1. The third kappa shape index (κ3) is 6.50. The molecule has 1 spiro atoms. The zero-order chi connectivity index (χ0) is 22.2. The van der Waals surface area contributed by atoms with Crippen molar-refractivity contribution in [2.24, 2.45) is 0 Å². The quantitative estimate of drug-likeness (QED) is 0.615. The standard InChI is InChI=1S/C27H33FN2O2/c28-24-11-8-23(9-12-24)10-13-26(31)29-21-25-14-15-27(32-25)16-19-30(20-17-27)18-4-7-22-5-2-1-3-6-22/h1-3,5-6,8-13,25H,4,7,14-21H2,(H,29,31). The molecule has 0 radical (unpaired) electrons. The van der Waals surface area contributed by atoms with E-state index in [9.17, 15) is 9.18 Å². The molecule has 0 saturated carbocycles. The molecule has 32 heavy (non-hydrogen) atoms. The van der Waals surface area contributed by atoms with Gasteiger partial charge in [-0.3, -0.25) is 4.79 Å². The number of halogens is 1. The van der Waals surface area contributed by atoms with Gasteiger partial charge in [-0.15, -0.1) is 0 Å². The number of nitrogens with zero attached hydrogens (tertiary/aromatic N) is 1. The van der Waals surface area contributed by atoms with Crippen LogP contribution in [-0.4, -0.2) is 48.7 Å². The van der Waals surface area contributed by atoms with Crippen molar-refractivity contribution in [3.05, 3.63) is 77.6 Å². The van der Waals surface area contributed by atoms with Crippen molar-refractivity contribution < 1.29 is 13.9 Å². The molecule has 1 unspecified atom stereocenters. The fourth-order valence-electron chi connectivity index (χ4n) is 4.76. The molecule has 2 fully saturated rings. The van der Waals surface area contributed by atoms with E-state index in [-0.39, 0.29) is 23.4 Å². The number of ether oxygens (including phenoxy) is 1. The van der Waals surface area contributed by atoms with Crippen molar-refractivity contribution >= 4 is 12.0 Å². The Labute approximate surface area is 190 Å². The normalized spacial score (nSPS) is 20.7. The van der Waals surface area contributed by atoms with Crippen LogP contribution in [0.5, 0.6) is 0 Å². The lowest BCUT2D eigenvalue weighted by Gasteiger charge is -2.39. The number of carbonyl (C=O) groups is 1. The molecule has 1 N–H and O–H groups in total. The summed E-state index contributed by atoms with van der Waals surface area (Å²) in [7, 11) is 0. The lowest BCUT2D eigenvalue weighted by molar-refractivity contribution is -0.118. The van der Waals surface area contributed by atoms with Gasteiger partial charge in [0.1, 0.15) is 5.82 Å². The third-order valence-electron chi connectivity index (χ3n) is 6.69. The molecule has 0 aromatic heterocycles. The van der Waals surface area contributed by atoms with Crippen LogP contribution in [0, 0.1) is 5.82 Å². The van der Waals surface area contributed by atoms with Crippen molar-refractivity contribution in [1.29, 1.82) is 0 Å². The molecule has 1 atom stereocenters. The van der Waals surface area contributed by atoms with Gasteiger partial charge in [0.15, 0.2) is 0 Å². The summed E-state index contributed by atoms with van der Waals surface area (Å²) in [5.74, 6) is -0.427. The summed E-state index contributed by atoms with van der Waals surface area (Å²) >= 11 is 0. The van der Waals surface area contributed by atoms with Crippen LogP contribution in [0.1, 0.15) is 43.2 Å². The van der Waals surface area contributed by atoms with Crippen LogP contribution in [0.3, 0.4) is 0 Å². The average molecular weight is 437 g/mol. The number of nitrogens with one attached hydrogen (secondary N) is 1. The van der Waals surface area contributed by atoms with Gasteiger partial charge < -0.3 is 15.0 Å². The summed E-state index contributed by atoms with van der Waals surface area (Å²) in [6.45, 7) is 3.86. The average Bonchev–Trinajstić information content (AvgIpc) is 3.22. The minimum atomic E-state index is -0.281. The summed E-state index contributed by atoms with van der Waals surface area (Å²) in [5, 5.41) is 2.95. The van der Waals surface area contributed by atoms with Gasteiger partial charge in [-0.2, -0.15) is 0 Å². The smallest absolute Gasteiger partial charge is 0.244 e. The van der Waals surface area contributed by atoms with Crippen LogP contribution in [0.25, 0.3) is 6.08 Å². The summed E-state index contributed by atoms with van der Waals surface area (Å²) < 4.78 is 19.4. The van der Waals surface area contributed by atoms with E-state index < -0.39 is 0 Å². The summed E-state index contributed by atoms with van der Waals surface area (Å²) in [5.41, 5.74) is 2.21. The van der Waals surface area contributed by atoms with Gasteiger partial charge in [0.05, 0.1) is 11.7 Å².